The van der Waals surface area contributed by atoms with Crippen LogP contribution in [-0.4, -0.2) is 58.0 Å². The van der Waals surface area contributed by atoms with Gasteiger partial charge in [0.2, 0.25) is 0 Å². The number of morpholine rings is 1. The van der Waals surface area contributed by atoms with Crippen LogP contribution in [0.4, 0.5) is 0 Å². The third-order valence-corrected chi connectivity index (χ3v) is 6.26. The summed E-state index contributed by atoms with van der Waals surface area (Å²) in [5, 5.41) is 0. The number of hydrogen-bond acceptors (Lipinski definition) is 4. The van der Waals surface area contributed by atoms with Gasteiger partial charge in [0.25, 0.3) is 11.8 Å². The molecule has 3 heterocycles. The zero-order valence-electron chi connectivity index (χ0n) is 21.1. The van der Waals surface area contributed by atoms with E-state index in [0.29, 0.717) is 49.8 Å². The number of ether oxygens (including phenoxy) is 1. The first-order chi connectivity index (χ1) is 16.8. The highest BCUT2D eigenvalue weighted by Gasteiger charge is 2.28. The van der Waals surface area contributed by atoms with Gasteiger partial charge in [-0.1, -0.05) is 24.6 Å². The second kappa shape index (κ2) is 11.0. The minimum Gasteiger partial charge on any atom is -0.454 e. The van der Waals surface area contributed by atoms with Crippen molar-refractivity contribution in [2.75, 3.05) is 19.6 Å². The van der Waals surface area contributed by atoms with Crippen molar-refractivity contribution in [3.05, 3.63) is 83.1 Å². The van der Waals surface area contributed by atoms with E-state index in [2.05, 4.69) is 11.5 Å². The van der Waals surface area contributed by atoms with Gasteiger partial charge in [-0.2, -0.15) is 0 Å². The van der Waals surface area contributed by atoms with E-state index in [-0.39, 0.29) is 24.0 Å². The summed E-state index contributed by atoms with van der Waals surface area (Å²) < 4.78 is 13.7. The number of nitrogens with zero attached hydrogens (tertiary/aromatic N) is 3. The Labute approximate surface area is 207 Å². The number of amides is 2. The van der Waals surface area contributed by atoms with E-state index in [1.165, 1.54) is 0 Å². The van der Waals surface area contributed by atoms with Crippen LogP contribution in [0.15, 0.2) is 59.1 Å². The van der Waals surface area contributed by atoms with Crippen LogP contribution < -0.4 is 0 Å². The van der Waals surface area contributed by atoms with Crippen molar-refractivity contribution < 1.29 is 18.7 Å². The van der Waals surface area contributed by atoms with Crippen molar-refractivity contribution in [2.45, 2.75) is 59.4 Å². The zero-order valence-corrected chi connectivity index (χ0v) is 21.1. The van der Waals surface area contributed by atoms with E-state index < -0.39 is 0 Å². The van der Waals surface area contributed by atoms with Gasteiger partial charge in [0.05, 0.1) is 25.3 Å². The number of carbonyl (C=O) groups is 2. The molecule has 35 heavy (non-hydrogen) atoms. The van der Waals surface area contributed by atoms with Gasteiger partial charge in [0.15, 0.2) is 5.76 Å². The van der Waals surface area contributed by atoms with E-state index >= 15 is 0 Å². The molecule has 1 fully saturated rings. The molecule has 1 saturated heterocycles. The predicted molar refractivity (Wildman–Crippen MR) is 134 cm³/mol. The third-order valence-electron chi connectivity index (χ3n) is 6.26. The van der Waals surface area contributed by atoms with Gasteiger partial charge >= 0.3 is 0 Å². The lowest BCUT2D eigenvalue weighted by Gasteiger charge is -2.34. The number of benzene rings is 1. The molecule has 186 valence electrons. The summed E-state index contributed by atoms with van der Waals surface area (Å²) in [4.78, 5) is 29.8. The Morgan fingerprint density at radius 2 is 1.74 bits per heavy atom. The van der Waals surface area contributed by atoms with E-state index in [0.717, 1.165) is 17.7 Å². The molecular formula is C28H35N3O4. The first-order valence-corrected chi connectivity index (χ1v) is 12.4. The second-order valence-electron chi connectivity index (χ2n) is 9.45. The summed E-state index contributed by atoms with van der Waals surface area (Å²) in [5.74, 6) is 0.965. The van der Waals surface area contributed by atoms with E-state index in [9.17, 15) is 9.59 Å². The Bertz CT molecular complexity index is 1140. The Kier molecular flexibility index (Phi) is 7.76. The summed E-state index contributed by atoms with van der Waals surface area (Å²) in [6.45, 7) is 10.8. The van der Waals surface area contributed by atoms with Gasteiger partial charge < -0.3 is 23.5 Å². The van der Waals surface area contributed by atoms with E-state index in [4.69, 9.17) is 9.15 Å². The van der Waals surface area contributed by atoms with Crippen LogP contribution in [0.2, 0.25) is 0 Å². The van der Waals surface area contributed by atoms with Gasteiger partial charge in [-0.3, -0.25) is 9.59 Å². The van der Waals surface area contributed by atoms with Crippen LogP contribution in [0, 0.1) is 6.92 Å². The van der Waals surface area contributed by atoms with Crippen LogP contribution in [-0.2, 0) is 17.8 Å². The summed E-state index contributed by atoms with van der Waals surface area (Å²) >= 11 is 0. The predicted octanol–water partition coefficient (Wildman–Crippen LogP) is 4.74. The monoisotopic (exact) mass is 477 g/mol. The maximum atomic E-state index is 13.2. The van der Waals surface area contributed by atoms with Crippen LogP contribution >= 0.6 is 0 Å². The number of aryl methyl sites for hydroxylation is 1. The van der Waals surface area contributed by atoms with Crippen LogP contribution in [0.25, 0.3) is 0 Å². The minimum atomic E-state index is -0.108. The normalized spacial score (nSPS) is 18.0. The lowest BCUT2D eigenvalue weighted by molar-refractivity contribution is -0.0592. The molecule has 1 aliphatic heterocycles. The van der Waals surface area contributed by atoms with Crippen LogP contribution in [0.1, 0.15) is 65.1 Å². The lowest BCUT2D eigenvalue weighted by atomic mass is 10.1. The summed E-state index contributed by atoms with van der Waals surface area (Å²) in [5.41, 5.74) is 2.84. The standard InChI is InChI=1S/C28H35N3O4/c1-5-14-30(27(32)23-10-8-20(2)9-11-23)18-24-7-6-15-29(24)19-25-12-13-26(35-25)28(33)31-16-21(3)34-22(4)17-31/h6-13,15,21-22H,5,14,16-19H2,1-4H3. The maximum Gasteiger partial charge on any atom is 0.289 e. The van der Waals surface area contributed by atoms with Crippen molar-refractivity contribution in [3.8, 4) is 0 Å². The molecule has 7 heteroatoms. The fourth-order valence-corrected chi connectivity index (χ4v) is 4.59. The molecule has 2 unspecified atom stereocenters. The molecule has 1 aromatic carbocycles. The zero-order chi connectivity index (χ0) is 24.9. The third kappa shape index (κ3) is 6.03. The fraction of sp³-hybridized carbons (Fsp3) is 0.429. The van der Waals surface area contributed by atoms with Crippen molar-refractivity contribution in [1.82, 2.24) is 14.4 Å². The first kappa shape index (κ1) is 24.8. The Morgan fingerprint density at radius 3 is 2.43 bits per heavy atom. The molecular weight excluding hydrogens is 442 g/mol. The molecule has 4 rings (SSSR count). The molecule has 0 aliphatic carbocycles. The molecule has 2 amide bonds. The van der Waals surface area contributed by atoms with Crippen LogP contribution in [0.3, 0.4) is 0 Å². The minimum absolute atomic E-state index is 0.00764. The second-order valence-corrected chi connectivity index (χ2v) is 9.45. The number of rotatable bonds is 8. The number of hydrogen-bond donors (Lipinski definition) is 0. The highest BCUT2D eigenvalue weighted by atomic mass is 16.5. The van der Waals surface area contributed by atoms with Crippen molar-refractivity contribution in [1.29, 1.82) is 0 Å². The lowest BCUT2D eigenvalue weighted by Crippen LogP contribution is -2.48. The molecule has 1 aliphatic rings. The highest BCUT2D eigenvalue weighted by Crippen LogP contribution is 2.19. The van der Waals surface area contributed by atoms with Crippen molar-refractivity contribution >= 4 is 11.8 Å². The van der Waals surface area contributed by atoms with E-state index in [1.54, 1.807) is 11.0 Å². The number of furan rings is 1. The molecule has 3 aromatic rings. The van der Waals surface area contributed by atoms with Gasteiger partial charge in [-0.05, 0) is 63.6 Å². The molecule has 0 bridgehead atoms. The molecule has 0 saturated carbocycles. The quantitative estimate of drug-likeness (QED) is 0.470. The molecule has 0 N–H and O–H groups in total. The van der Waals surface area contributed by atoms with Crippen LogP contribution in [0.5, 0.6) is 0 Å². The van der Waals surface area contributed by atoms with Gasteiger partial charge in [-0.15, -0.1) is 0 Å². The van der Waals surface area contributed by atoms with Crippen molar-refractivity contribution in [3.63, 3.8) is 0 Å². The summed E-state index contributed by atoms with van der Waals surface area (Å²) in [6.07, 6.45) is 2.87. The molecule has 0 radical (unpaired) electrons. The molecule has 0 spiro atoms. The summed E-state index contributed by atoms with van der Waals surface area (Å²) in [7, 11) is 0. The smallest absolute Gasteiger partial charge is 0.289 e. The largest absolute Gasteiger partial charge is 0.454 e. The SMILES string of the molecule is CCCN(Cc1cccn1Cc1ccc(C(=O)N2CC(C)OC(C)C2)o1)C(=O)c1ccc(C)cc1. The average Bonchev–Trinajstić information content (AvgIpc) is 3.47. The van der Waals surface area contributed by atoms with Gasteiger partial charge in [0, 0.05) is 37.1 Å². The Hall–Kier alpha value is -3.32. The van der Waals surface area contributed by atoms with Crippen molar-refractivity contribution in [2.24, 2.45) is 0 Å². The average molecular weight is 478 g/mol. The fourth-order valence-electron chi connectivity index (χ4n) is 4.59. The highest BCUT2D eigenvalue weighted by molar-refractivity contribution is 5.94. The first-order valence-electron chi connectivity index (χ1n) is 12.4. The molecule has 7 nitrogen and oxygen atoms in total. The van der Waals surface area contributed by atoms with E-state index in [1.807, 2.05) is 74.3 Å². The number of aromatic nitrogens is 1. The summed E-state index contributed by atoms with van der Waals surface area (Å²) in [6, 6.07) is 15.3. The van der Waals surface area contributed by atoms with Gasteiger partial charge in [0.1, 0.15) is 5.76 Å². The maximum absolute atomic E-state index is 13.2. The Balaban J connectivity index is 1.44. The van der Waals surface area contributed by atoms with Gasteiger partial charge in [-0.25, -0.2) is 0 Å². The molecule has 2 aromatic heterocycles. The number of carbonyl (C=O) groups excluding carboxylic acids is 2. The topological polar surface area (TPSA) is 67.9 Å². The molecule has 2 atom stereocenters. The Morgan fingerprint density at radius 1 is 1.03 bits per heavy atom.